The summed E-state index contributed by atoms with van der Waals surface area (Å²) in [7, 11) is 0. The lowest BCUT2D eigenvalue weighted by Gasteiger charge is -2.30. The van der Waals surface area contributed by atoms with Crippen LogP contribution in [0.25, 0.3) is 16.6 Å². The molecule has 4 aromatic rings. The highest BCUT2D eigenvalue weighted by molar-refractivity contribution is 5.71. The molecule has 36 heavy (non-hydrogen) atoms. The summed E-state index contributed by atoms with van der Waals surface area (Å²) in [6, 6.07) is 10.7. The molecule has 186 valence electrons. The molecule has 1 saturated heterocycles. The molecule has 8 nitrogen and oxygen atoms in total. The van der Waals surface area contributed by atoms with Crippen molar-refractivity contribution in [3.8, 4) is 16.9 Å². The molecule has 4 heterocycles. The van der Waals surface area contributed by atoms with Crippen LogP contribution in [-0.2, 0) is 11.2 Å². The fraction of sp³-hybridized carbons (Fsp3) is 0.308. The van der Waals surface area contributed by atoms with Gasteiger partial charge in [-0.1, -0.05) is 18.2 Å². The molecule has 0 unspecified atom stereocenters. The zero-order valence-corrected chi connectivity index (χ0v) is 19.6. The zero-order chi connectivity index (χ0) is 25.2. The molecule has 5 rings (SSSR count). The average molecular weight is 494 g/mol. The summed E-state index contributed by atoms with van der Waals surface area (Å²) in [6.07, 6.45) is 6.91. The molecule has 1 aromatic carbocycles. The number of carboxylic acid groups (broad SMARTS) is 1. The third kappa shape index (κ3) is 4.84. The number of para-hydroxylation sites is 1. The number of benzene rings is 1. The second-order valence-corrected chi connectivity index (χ2v) is 8.84. The molecule has 0 amide bonds. The highest BCUT2D eigenvalue weighted by Gasteiger charge is 2.25. The SMILES string of the molecule is Cc1nn2ccc(-c3cnc(N4CCC(C(=O)O)CC4)nc3)cc2c1Cc1ccccc1OC(F)F. The highest BCUT2D eigenvalue weighted by Crippen LogP contribution is 2.29. The summed E-state index contributed by atoms with van der Waals surface area (Å²) in [4.78, 5) is 22.2. The Hall–Kier alpha value is -4.08. The number of rotatable bonds is 7. The van der Waals surface area contributed by atoms with Crippen LogP contribution in [0.4, 0.5) is 14.7 Å². The van der Waals surface area contributed by atoms with Crippen LogP contribution >= 0.6 is 0 Å². The van der Waals surface area contributed by atoms with E-state index in [1.807, 2.05) is 30.2 Å². The minimum atomic E-state index is -2.89. The molecule has 0 atom stereocenters. The van der Waals surface area contributed by atoms with Gasteiger partial charge in [-0.15, -0.1) is 0 Å². The summed E-state index contributed by atoms with van der Waals surface area (Å²) in [5.74, 6) is -0.325. The van der Waals surface area contributed by atoms with Gasteiger partial charge in [0.1, 0.15) is 5.75 Å². The summed E-state index contributed by atoms with van der Waals surface area (Å²) < 4.78 is 32.2. The van der Waals surface area contributed by atoms with Gasteiger partial charge in [-0.05, 0) is 49.1 Å². The number of carboxylic acids is 1. The number of carbonyl (C=O) groups is 1. The average Bonchev–Trinajstić information content (AvgIpc) is 3.19. The summed E-state index contributed by atoms with van der Waals surface area (Å²) in [6.45, 7) is 0.216. The van der Waals surface area contributed by atoms with E-state index in [1.54, 1.807) is 35.1 Å². The molecular formula is C26H25F2N5O3. The molecule has 0 spiro atoms. The number of anilines is 1. The van der Waals surface area contributed by atoms with Crippen LogP contribution in [0.3, 0.4) is 0 Å². The normalized spacial score (nSPS) is 14.5. The van der Waals surface area contributed by atoms with Crippen molar-refractivity contribution in [1.82, 2.24) is 19.6 Å². The molecule has 1 aliphatic rings. The Morgan fingerprint density at radius 3 is 2.56 bits per heavy atom. The predicted octanol–water partition coefficient (Wildman–Crippen LogP) is 4.59. The molecule has 1 fully saturated rings. The van der Waals surface area contributed by atoms with Crippen molar-refractivity contribution in [1.29, 1.82) is 0 Å². The maximum absolute atomic E-state index is 12.9. The van der Waals surface area contributed by atoms with Crippen LogP contribution < -0.4 is 9.64 Å². The van der Waals surface area contributed by atoms with Gasteiger partial charge in [0.2, 0.25) is 5.95 Å². The number of fused-ring (bicyclic) bond motifs is 1. The number of aliphatic carboxylic acids is 1. The van der Waals surface area contributed by atoms with Gasteiger partial charge >= 0.3 is 12.6 Å². The number of hydrogen-bond acceptors (Lipinski definition) is 6. The number of pyridine rings is 1. The largest absolute Gasteiger partial charge is 0.481 e. The number of hydrogen-bond donors (Lipinski definition) is 1. The predicted molar refractivity (Wildman–Crippen MR) is 129 cm³/mol. The van der Waals surface area contributed by atoms with Crippen LogP contribution in [0.15, 0.2) is 55.0 Å². The Balaban J connectivity index is 1.40. The molecule has 3 aromatic heterocycles. The first-order valence-corrected chi connectivity index (χ1v) is 11.7. The lowest BCUT2D eigenvalue weighted by molar-refractivity contribution is -0.142. The fourth-order valence-electron chi connectivity index (χ4n) is 4.62. The van der Waals surface area contributed by atoms with Crippen LogP contribution in [0.1, 0.15) is 29.7 Å². The van der Waals surface area contributed by atoms with Crippen molar-refractivity contribution in [3.05, 3.63) is 71.8 Å². The van der Waals surface area contributed by atoms with Crippen molar-refractivity contribution in [2.45, 2.75) is 32.8 Å². The summed E-state index contributed by atoms with van der Waals surface area (Å²) >= 11 is 0. The third-order valence-corrected chi connectivity index (χ3v) is 6.59. The number of halogens is 2. The molecule has 1 N–H and O–H groups in total. The van der Waals surface area contributed by atoms with E-state index in [0.29, 0.717) is 43.9 Å². The minimum Gasteiger partial charge on any atom is -0.481 e. The lowest BCUT2D eigenvalue weighted by atomic mass is 9.97. The van der Waals surface area contributed by atoms with Gasteiger partial charge in [-0.3, -0.25) is 4.79 Å². The second-order valence-electron chi connectivity index (χ2n) is 8.84. The first-order chi connectivity index (χ1) is 17.4. The zero-order valence-electron chi connectivity index (χ0n) is 19.6. The van der Waals surface area contributed by atoms with E-state index in [0.717, 1.165) is 27.9 Å². The third-order valence-electron chi connectivity index (χ3n) is 6.59. The standard InChI is InChI=1S/C26H25F2N5O3/c1-16-21(12-19-4-2-3-5-23(19)36-25(27)28)22-13-18(8-11-33(22)31-16)20-14-29-26(30-15-20)32-9-6-17(7-10-32)24(34)35/h2-5,8,11,13-15,17,25H,6-7,9-10,12H2,1H3,(H,34,35). The quantitative estimate of drug-likeness (QED) is 0.402. The monoisotopic (exact) mass is 493 g/mol. The van der Waals surface area contributed by atoms with E-state index < -0.39 is 12.6 Å². The Morgan fingerprint density at radius 1 is 1.14 bits per heavy atom. The minimum absolute atomic E-state index is 0.152. The lowest BCUT2D eigenvalue weighted by Crippen LogP contribution is -2.37. The Bertz CT molecular complexity index is 1380. The first kappa shape index (κ1) is 23.7. The first-order valence-electron chi connectivity index (χ1n) is 11.7. The summed E-state index contributed by atoms with van der Waals surface area (Å²) in [5.41, 5.74) is 4.96. The Morgan fingerprint density at radius 2 is 1.86 bits per heavy atom. The maximum Gasteiger partial charge on any atom is 0.387 e. The van der Waals surface area contributed by atoms with Crippen molar-refractivity contribution >= 4 is 17.4 Å². The highest BCUT2D eigenvalue weighted by atomic mass is 19.3. The molecule has 0 saturated carbocycles. The van der Waals surface area contributed by atoms with E-state index in [1.165, 1.54) is 6.07 Å². The van der Waals surface area contributed by atoms with E-state index >= 15 is 0 Å². The van der Waals surface area contributed by atoms with Gasteiger partial charge in [0.05, 0.1) is 17.1 Å². The van der Waals surface area contributed by atoms with Crippen LogP contribution in [0, 0.1) is 12.8 Å². The van der Waals surface area contributed by atoms with Gasteiger partial charge in [0.25, 0.3) is 0 Å². The van der Waals surface area contributed by atoms with Gasteiger partial charge in [0.15, 0.2) is 0 Å². The van der Waals surface area contributed by atoms with Gasteiger partial charge in [-0.2, -0.15) is 13.9 Å². The van der Waals surface area contributed by atoms with E-state index in [9.17, 15) is 18.7 Å². The van der Waals surface area contributed by atoms with Crippen molar-refractivity contribution < 1.29 is 23.4 Å². The number of aryl methyl sites for hydroxylation is 1. The van der Waals surface area contributed by atoms with Gasteiger partial charge in [-0.25, -0.2) is 14.5 Å². The molecule has 1 aliphatic heterocycles. The number of nitrogens with zero attached hydrogens (tertiary/aromatic N) is 5. The van der Waals surface area contributed by atoms with Gasteiger partial charge in [0, 0.05) is 49.2 Å². The maximum atomic E-state index is 12.9. The van der Waals surface area contributed by atoms with Crippen molar-refractivity contribution in [3.63, 3.8) is 0 Å². The fourth-order valence-corrected chi connectivity index (χ4v) is 4.62. The number of aromatic nitrogens is 4. The second kappa shape index (κ2) is 9.88. The summed E-state index contributed by atoms with van der Waals surface area (Å²) in [5, 5.41) is 13.8. The molecule has 0 radical (unpaired) electrons. The van der Waals surface area contributed by atoms with Gasteiger partial charge < -0.3 is 14.7 Å². The molecule has 0 bridgehead atoms. The van der Waals surface area contributed by atoms with Crippen LogP contribution in [0.5, 0.6) is 5.75 Å². The van der Waals surface area contributed by atoms with E-state index in [4.69, 9.17) is 4.74 Å². The van der Waals surface area contributed by atoms with Crippen LogP contribution in [0.2, 0.25) is 0 Å². The molecule has 0 aliphatic carbocycles. The number of alkyl halides is 2. The Kier molecular flexibility index (Phi) is 6.49. The van der Waals surface area contributed by atoms with Crippen molar-refractivity contribution in [2.24, 2.45) is 5.92 Å². The Labute approximate surface area is 206 Å². The molecular weight excluding hydrogens is 468 g/mol. The van der Waals surface area contributed by atoms with E-state index in [2.05, 4.69) is 15.1 Å². The van der Waals surface area contributed by atoms with Crippen molar-refractivity contribution in [2.75, 3.05) is 18.0 Å². The number of piperidine rings is 1. The van der Waals surface area contributed by atoms with Crippen LogP contribution in [-0.4, -0.2) is 50.4 Å². The topological polar surface area (TPSA) is 92.9 Å². The molecule has 10 heteroatoms. The smallest absolute Gasteiger partial charge is 0.387 e. The van der Waals surface area contributed by atoms with E-state index in [-0.39, 0.29) is 11.7 Å². The number of ether oxygens (including phenoxy) is 1.